The summed E-state index contributed by atoms with van der Waals surface area (Å²) in [7, 11) is -3.78. The van der Waals surface area contributed by atoms with Crippen molar-refractivity contribution in [1.82, 2.24) is 4.90 Å². The third-order valence-corrected chi connectivity index (χ3v) is 7.09. The van der Waals surface area contributed by atoms with Gasteiger partial charge < -0.3 is 4.90 Å². The number of sulfonamides is 1. The van der Waals surface area contributed by atoms with Crippen molar-refractivity contribution in [2.24, 2.45) is 0 Å². The summed E-state index contributed by atoms with van der Waals surface area (Å²) in [5.74, 6) is -0.131. The Morgan fingerprint density at radius 2 is 1.86 bits per heavy atom. The van der Waals surface area contributed by atoms with Gasteiger partial charge in [0, 0.05) is 22.2 Å². The highest BCUT2D eigenvalue weighted by Crippen LogP contribution is 2.31. The number of carbonyl (C=O) groups is 1. The van der Waals surface area contributed by atoms with Crippen LogP contribution in [-0.4, -0.2) is 25.3 Å². The van der Waals surface area contributed by atoms with Crippen molar-refractivity contribution >= 4 is 33.0 Å². The lowest BCUT2D eigenvalue weighted by Crippen LogP contribution is -2.32. The van der Waals surface area contributed by atoms with E-state index in [1.807, 2.05) is 41.5 Å². The fourth-order valence-electron chi connectivity index (χ4n) is 3.12. The summed E-state index contributed by atoms with van der Waals surface area (Å²) in [5.41, 5.74) is 1.93. The zero-order chi connectivity index (χ0) is 20.4. The Balaban J connectivity index is 1.57. The van der Waals surface area contributed by atoms with Crippen LogP contribution in [0.2, 0.25) is 0 Å². The molecular weight excluding hydrogens is 404 g/mol. The van der Waals surface area contributed by atoms with Gasteiger partial charge in [0.15, 0.2) is 0 Å². The maximum atomic E-state index is 13.1. The van der Waals surface area contributed by atoms with Crippen LogP contribution < -0.4 is 4.72 Å². The second kappa shape index (κ2) is 8.00. The van der Waals surface area contributed by atoms with Crippen LogP contribution in [0.5, 0.6) is 0 Å². The van der Waals surface area contributed by atoms with E-state index in [2.05, 4.69) is 4.72 Å². The Morgan fingerprint density at radius 3 is 2.52 bits per heavy atom. The van der Waals surface area contributed by atoms with Gasteiger partial charge in [-0.25, -0.2) is 8.42 Å². The molecule has 5 nitrogen and oxygen atoms in total. The molecule has 1 N–H and O–H groups in total. The number of rotatable bonds is 7. The maximum absolute atomic E-state index is 13.1. The van der Waals surface area contributed by atoms with Crippen molar-refractivity contribution in [1.29, 1.82) is 0 Å². The fraction of sp³-hybridized carbons (Fsp3) is 0.227. The topological polar surface area (TPSA) is 66.5 Å². The van der Waals surface area contributed by atoms with E-state index in [1.165, 1.54) is 12.1 Å². The van der Waals surface area contributed by atoms with E-state index in [0.717, 1.165) is 23.3 Å². The van der Waals surface area contributed by atoms with Crippen molar-refractivity contribution in [2.45, 2.75) is 37.2 Å². The Morgan fingerprint density at radius 1 is 1.10 bits per heavy atom. The van der Waals surface area contributed by atoms with Crippen LogP contribution in [0.25, 0.3) is 0 Å². The Bertz CT molecular complexity index is 1100. The summed E-state index contributed by atoms with van der Waals surface area (Å²) in [4.78, 5) is 16.2. The molecule has 1 amide bonds. The van der Waals surface area contributed by atoms with Crippen molar-refractivity contribution < 1.29 is 13.2 Å². The molecule has 0 bridgehead atoms. The van der Waals surface area contributed by atoms with E-state index in [0.29, 0.717) is 17.8 Å². The molecule has 1 aromatic heterocycles. The predicted octanol–water partition coefficient (Wildman–Crippen LogP) is 4.66. The van der Waals surface area contributed by atoms with Gasteiger partial charge in [-0.2, -0.15) is 0 Å². The molecule has 7 heteroatoms. The highest BCUT2D eigenvalue weighted by molar-refractivity contribution is 7.92. The van der Waals surface area contributed by atoms with Gasteiger partial charge in [0.25, 0.3) is 15.9 Å². The molecule has 0 unspecified atom stereocenters. The Hall–Kier alpha value is -2.64. The molecular formula is C22H22N2O3S2. The Labute approximate surface area is 175 Å². The SMILES string of the molecule is Cc1ccc(NS(=O)(=O)c2cccc(C(=O)N(Cc3cccs3)C3CC3)c2)cc1. The molecule has 2 aromatic carbocycles. The highest BCUT2D eigenvalue weighted by atomic mass is 32.2. The first-order valence-corrected chi connectivity index (χ1v) is 11.8. The van der Waals surface area contributed by atoms with Gasteiger partial charge in [-0.15, -0.1) is 11.3 Å². The van der Waals surface area contributed by atoms with E-state index in [9.17, 15) is 13.2 Å². The molecule has 0 atom stereocenters. The van der Waals surface area contributed by atoms with Crippen molar-refractivity contribution in [2.75, 3.05) is 4.72 Å². The second-order valence-corrected chi connectivity index (χ2v) is 9.96. The lowest BCUT2D eigenvalue weighted by molar-refractivity contribution is 0.0731. The number of amides is 1. The molecule has 4 rings (SSSR count). The van der Waals surface area contributed by atoms with Crippen LogP contribution in [0.4, 0.5) is 5.69 Å². The van der Waals surface area contributed by atoms with Crippen LogP contribution in [0.15, 0.2) is 70.9 Å². The number of anilines is 1. The zero-order valence-electron chi connectivity index (χ0n) is 16.0. The van der Waals surface area contributed by atoms with Crippen LogP contribution in [0, 0.1) is 6.92 Å². The van der Waals surface area contributed by atoms with E-state index < -0.39 is 10.0 Å². The third kappa shape index (κ3) is 4.68. The molecule has 0 aliphatic heterocycles. The Kier molecular flexibility index (Phi) is 5.43. The number of hydrogen-bond acceptors (Lipinski definition) is 4. The van der Waals surface area contributed by atoms with E-state index in [1.54, 1.807) is 35.6 Å². The number of nitrogens with zero attached hydrogens (tertiary/aromatic N) is 1. The summed E-state index contributed by atoms with van der Waals surface area (Å²) < 4.78 is 28.2. The number of aryl methyl sites for hydroxylation is 1. The smallest absolute Gasteiger partial charge is 0.261 e. The quantitative estimate of drug-likeness (QED) is 0.597. The predicted molar refractivity (Wildman–Crippen MR) is 116 cm³/mol. The molecule has 0 spiro atoms. The van der Waals surface area contributed by atoms with E-state index in [4.69, 9.17) is 0 Å². The van der Waals surface area contributed by atoms with Crippen LogP contribution in [-0.2, 0) is 16.6 Å². The van der Waals surface area contributed by atoms with Gasteiger partial charge >= 0.3 is 0 Å². The summed E-state index contributed by atoms with van der Waals surface area (Å²) in [5, 5.41) is 1.99. The van der Waals surface area contributed by atoms with Crippen molar-refractivity contribution in [3.8, 4) is 0 Å². The minimum atomic E-state index is -3.78. The largest absolute Gasteiger partial charge is 0.331 e. The summed E-state index contributed by atoms with van der Waals surface area (Å²) >= 11 is 1.62. The monoisotopic (exact) mass is 426 g/mol. The van der Waals surface area contributed by atoms with Crippen LogP contribution >= 0.6 is 11.3 Å². The van der Waals surface area contributed by atoms with Gasteiger partial charge in [-0.05, 0) is 61.5 Å². The first kappa shape index (κ1) is 19.7. The van der Waals surface area contributed by atoms with Gasteiger partial charge in [0.1, 0.15) is 0 Å². The normalized spacial score (nSPS) is 13.8. The fourth-order valence-corrected chi connectivity index (χ4v) is 4.93. The number of nitrogens with one attached hydrogen (secondary N) is 1. The summed E-state index contributed by atoms with van der Waals surface area (Å²) in [6.07, 6.45) is 1.98. The average molecular weight is 427 g/mol. The summed E-state index contributed by atoms with van der Waals surface area (Å²) in [6.45, 7) is 2.49. The lowest BCUT2D eigenvalue weighted by Gasteiger charge is -2.22. The van der Waals surface area contributed by atoms with Gasteiger partial charge in [-0.3, -0.25) is 9.52 Å². The van der Waals surface area contributed by atoms with E-state index in [-0.39, 0.29) is 16.8 Å². The number of benzene rings is 2. The van der Waals surface area contributed by atoms with Crippen molar-refractivity contribution in [3.63, 3.8) is 0 Å². The van der Waals surface area contributed by atoms with Gasteiger partial charge in [0.05, 0.1) is 11.4 Å². The van der Waals surface area contributed by atoms with E-state index >= 15 is 0 Å². The standard InChI is InChI=1S/C22H22N2O3S2/c1-16-7-9-18(10-8-16)23-29(26,27)21-6-2-4-17(14-21)22(25)24(19-11-12-19)15-20-5-3-13-28-20/h2-10,13-14,19,23H,11-12,15H2,1H3. The average Bonchev–Trinajstić information content (AvgIpc) is 3.43. The molecule has 0 radical (unpaired) electrons. The third-order valence-electron chi connectivity index (χ3n) is 4.85. The first-order chi connectivity index (χ1) is 13.9. The lowest BCUT2D eigenvalue weighted by atomic mass is 10.2. The van der Waals surface area contributed by atoms with Gasteiger partial charge in [0.2, 0.25) is 0 Å². The molecule has 150 valence electrons. The van der Waals surface area contributed by atoms with Crippen LogP contribution in [0.3, 0.4) is 0 Å². The second-order valence-electron chi connectivity index (χ2n) is 7.24. The molecule has 0 saturated heterocycles. The number of carbonyl (C=O) groups excluding carboxylic acids is 1. The zero-order valence-corrected chi connectivity index (χ0v) is 17.7. The molecule has 1 saturated carbocycles. The first-order valence-electron chi connectivity index (χ1n) is 9.45. The highest BCUT2D eigenvalue weighted by Gasteiger charge is 2.33. The molecule has 1 aliphatic rings. The minimum absolute atomic E-state index is 0.0794. The number of thiophene rings is 1. The molecule has 3 aromatic rings. The van der Waals surface area contributed by atoms with Crippen molar-refractivity contribution in [3.05, 3.63) is 82.0 Å². The van der Waals surface area contributed by atoms with Gasteiger partial charge in [-0.1, -0.05) is 29.8 Å². The molecule has 29 heavy (non-hydrogen) atoms. The number of hydrogen-bond donors (Lipinski definition) is 1. The molecule has 1 aliphatic carbocycles. The minimum Gasteiger partial charge on any atom is -0.331 e. The van der Waals surface area contributed by atoms with Crippen LogP contribution in [0.1, 0.15) is 33.6 Å². The maximum Gasteiger partial charge on any atom is 0.261 e. The summed E-state index contributed by atoms with van der Waals surface area (Å²) in [6, 6.07) is 17.6. The molecule has 1 heterocycles. The molecule has 1 fully saturated rings.